The van der Waals surface area contributed by atoms with Gasteiger partial charge in [-0.15, -0.1) is 0 Å². The number of hydrogen-bond donors (Lipinski definition) is 2. The summed E-state index contributed by atoms with van der Waals surface area (Å²) in [4.78, 5) is 2.17. The normalized spacial score (nSPS) is 25.0. The number of β-amino-alcohol motifs (C(OH)–C–C–N with tert-alkyl or cyclic N) is 1. The van der Waals surface area contributed by atoms with Crippen molar-refractivity contribution in [1.82, 2.24) is 4.90 Å². The molecule has 0 radical (unpaired) electrons. The summed E-state index contributed by atoms with van der Waals surface area (Å²) in [6.45, 7) is 3.12. The molecule has 2 heterocycles. The molecule has 0 aliphatic carbocycles. The van der Waals surface area contributed by atoms with Gasteiger partial charge in [-0.05, 0) is 18.9 Å². The zero-order chi connectivity index (χ0) is 15.6. The maximum Gasteiger partial charge on any atom is 0.129 e. The molecule has 2 saturated heterocycles. The van der Waals surface area contributed by atoms with E-state index in [-0.39, 0.29) is 5.82 Å². The molecular formula is C17H24FNO3. The van der Waals surface area contributed by atoms with Gasteiger partial charge in [-0.1, -0.05) is 18.2 Å². The first-order valence-corrected chi connectivity index (χ1v) is 8.01. The van der Waals surface area contributed by atoms with Crippen molar-refractivity contribution in [3.63, 3.8) is 0 Å². The molecule has 0 spiro atoms. The summed E-state index contributed by atoms with van der Waals surface area (Å²) in [6, 6.07) is 6.45. The van der Waals surface area contributed by atoms with E-state index >= 15 is 0 Å². The monoisotopic (exact) mass is 309 g/mol. The zero-order valence-electron chi connectivity index (χ0n) is 12.8. The molecule has 2 N–H and O–H groups in total. The van der Waals surface area contributed by atoms with Crippen LogP contribution in [0.2, 0.25) is 0 Å². The van der Waals surface area contributed by atoms with E-state index in [1.54, 1.807) is 18.2 Å². The molecule has 0 aromatic heterocycles. The minimum atomic E-state index is -1.10. The van der Waals surface area contributed by atoms with Gasteiger partial charge in [0.1, 0.15) is 5.82 Å². The Bertz CT molecular complexity index is 508. The third kappa shape index (κ3) is 3.33. The highest BCUT2D eigenvalue weighted by atomic mass is 19.1. The van der Waals surface area contributed by atoms with Crippen LogP contribution in [0.5, 0.6) is 0 Å². The minimum absolute atomic E-state index is 0.346. The van der Waals surface area contributed by atoms with Gasteiger partial charge in [-0.25, -0.2) is 4.39 Å². The summed E-state index contributed by atoms with van der Waals surface area (Å²) in [5.41, 5.74) is -1.40. The summed E-state index contributed by atoms with van der Waals surface area (Å²) in [6.07, 6.45) is 2.28. The Morgan fingerprint density at radius 3 is 2.32 bits per heavy atom. The second kappa shape index (κ2) is 6.24. The summed E-state index contributed by atoms with van der Waals surface area (Å²) in [5.74, 6) is -0.346. The predicted octanol–water partition coefficient (Wildman–Crippen LogP) is 1.65. The average Bonchev–Trinajstić information content (AvgIpc) is 2.51. The third-order valence-corrected chi connectivity index (χ3v) is 5.00. The van der Waals surface area contributed by atoms with Crippen LogP contribution in [-0.4, -0.2) is 53.6 Å². The van der Waals surface area contributed by atoms with Crippen molar-refractivity contribution in [2.75, 3.05) is 32.8 Å². The van der Waals surface area contributed by atoms with Gasteiger partial charge in [0.05, 0.1) is 11.2 Å². The number of likely N-dealkylation sites (tertiary alicyclic amines) is 1. The molecule has 122 valence electrons. The maximum atomic E-state index is 13.9. The highest BCUT2D eigenvalue weighted by molar-refractivity contribution is 5.25. The zero-order valence-corrected chi connectivity index (χ0v) is 12.8. The fourth-order valence-corrected chi connectivity index (χ4v) is 3.51. The standard InChI is InChI=1S/C17H24FNO3/c18-15-4-2-1-3-14(15)17(21)5-9-19(10-6-17)13-16(20)7-11-22-12-8-16/h1-4,20-21H,5-13H2. The molecule has 2 aliphatic rings. The molecule has 22 heavy (non-hydrogen) atoms. The first-order chi connectivity index (χ1) is 10.5. The molecule has 2 fully saturated rings. The molecule has 2 aliphatic heterocycles. The van der Waals surface area contributed by atoms with Crippen molar-refractivity contribution in [2.45, 2.75) is 36.9 Å². The number of benzene rings is 1. The Morgan fingerprint density at radius 2 is 1.68 bits per heavy atom. The Morgan fingerprint density at radius 1 is 1.05 bits per heavy atom. The number of ether oxygens (including phenoxy) is 1. The molecule has 1 aromatic rings. The van der Waals surface area contributed by atoms with Crippen LogP contribution in [0.3, 0.4) is 0 Å². The van der Waals surface area contributed by atoms with Gasteiger partial charge in [-0.3, -0.25) is 0 Å². The van der Waals surface area contributed by atoms with Crippen molar-refractivity contribution in [3.8, 4) is 0 Å². The number of rotatable bonds is 3. The molecule has 4 nitrogen and oxygen atoms in total. The Kier molecular flexibility index (Phi) is 4.50. The molecule has 0 amide bonds. The Balaban J connectivity index is 1.61. The van der Waals surface area contributed by atoms with Crippen LogP contribution in [0.1, 0.15) is 31.2 Å². The van der Waals surface area contributed by atoms with E-state index in [0.717, 1.165) is 0 Å². The molecular weight excluding hydrogens is 285 g/mol. The summed E-state index contributed by atoms with van der Waals surface area (Å²) in [5, 5.41) is 21.3. The molecule has 3 rings (SSSR count). The fourth-order valence-electron chi connectivity index (χ4n) is 3.51. The van der Waals surface area contributed by atoms with Gasteiger partial charge in [-0.2, -0.15) is 0 Å². The first kappa shape index (κ1) is 15.9. The Hall–Kier alpha value is -1.01. The predicted molar refractivity (Wildman–Crippen MR) is 81.0 cm³/mol. The number of nitrogens with zero attached hydrogens (tertiary/aromatic N) is 1. The maximum absolute atomic E-state index is 13.9. The van der Waals surface area contributed by atoms with E-state index in [9.17, 15) is 14.6 Å². The summed E-state index contributed by atoms with van der Waals surface area (Å²) >= 11 is 0. The van der Waals surface area contributed by atoms with E-state index < -0.39 is 11.2 Å². The van der Waals surface area contributed by atoms with E-state index in [4.69, 9.17) is 4.74 Å². The lowest BCUT2D eigenvalue weighted by Gasteiger charge is -2.42. The van der Waals surface area contributed by atoms with Crippen molar-refractivity contribution < 1.29 is 19.3 Å². The number of hydrogen-bond acceptors (Lipinski definition) is 4. The second-order valence-corrected chi connectivity index (χ2v) is 6.62. The molecule has 0 saturated carbocycles. The van der Waals surface area contributed by atoms with Crippen LogP contribution in [0.25, 0.3) is 0 Å². The number of halogens is 1. The van der Waals surface area contributed by atoms with E-state index in [0.29, 0.717) is 64.1 Å². The van der Waals surface area contributed by atoms with Crippen LogP contribution in [0, 0.1) is 5.82 Å². The van der Waals surface area contributed by atoms with Gasteiger partial charge >= 0.3 is 0 Å². The van der Waals surface area contributed by atoms with Crippen LogP contribution in [0.15, 0.2) is 24.3 Å². The van der Waals surface area contributed by atoms with Crippen LogP contribution >= 0.6 is 0 Å². The molecule has 0 atom stereocenters. The van der Waals surface area contributed by atoms with Crippen molar-refractivity contribution >= 4 is 0 Å². The average molecular weight is 309 g/mol. The van der Waals surface area contributed by atoms with E-state index in [1.165, 1.54) is 6.07 Å². The van der Waals surface area contributed by atoms with Crippen molar-refractivity contribution in [2.24, 2.45) is 0 Å². The van der Waals surface area contributed by atoms with Gasteiger partial charge in [0.2, 0.25) is 0 Å². The fraction of sp³-hybridized carbons (Fsp3) is 0.647. The SMILES string of the molecule is OC1(CN2CCC(O)(c3ccccc3F)CC2)CCOCC1. The summed E-state index contributed by atoms with van der Waals surface area (Å²) in [7, 11) is 0. The highest BCUT2D eigenvalue weighted by Crippen LogP contribution is 2.35. The van der Waals surface area contributed by atoms with Gasteiger partial charge in [0.15, 0.2) is 0 Å². The first-order valence-electron chi connectivity index (χ1n) is 8.01. The number of piperidine rings is 1. The van der Waals surface area contributed by atoms with E-state index in [1.807, 2.05) is 0 Å². The van der Waals surface area contributed by atoms with Crippen LogP contribution in [-0.2, 0) is 10.3 Å². The minimum Gasteiger partial charge on any atom is -0.388 e. The molecule has 0 bridgehead atoms. The molecule has 0 unspecified atom stereocenters. The van der Waals surface area contributed by atoms with Crippen molar-refractivity contribution in [1.29, 1.82) is 0 Å². The lowest BCUT2D eigenvalue weighted by atomic mass is 9.83. The van der Waals surface area contributed by atoms with Crippen molar-refractivity contribution in [3.05, 3.63) is 35.6 Å². The largest absolute Gasteiger partial charge is 0.388 e. The van der Waals surface area contributed by atoms with Crippen LogP contribution < -0.4 is 0 Å². The molecule has 1 aromatic carbocycles. The Labute approximate surface area is 130 Å². The topological polar surface area (TPSA) is 52.9 Å². The number of aliphatic hydroxyl groups is 2. The molecule has 5 heteroatoms. The quantitative estimate of drug-likeness (QED) is 0.891. The summed E-state index contributed by atoms with van der Waals surface area (Å²) < 4.78 is 19.2. The smallest absolute Gasteiger partial charge is 0.129 e. The lowest BCUT2D eigenvalue weighted by Crippen LogP contribution is -2.51. The lowest BCUT2D eigenvalue weighted by molar-refractivity contribution is -0.0958. The van der Waals surface area contributed by atoms with Gasteiger partial charge in [0.25, 0.3) is 0 Å². The van der Waals surface area contributed by atoms with Gasteiger partial charge < -0.3 is 19.8 Å². The highest BCUT2D eigenvalue weighted by Gasteiger charge is 2.39. The van der Waals surface area contributed by atoms with Crippen LogP contribution in [0.4, 0.5) is 4.39 Å². The second-order valence-electron chi connectivity index (χ2n) is 6.62. The van der Waals surface area contributed by atoms with Gasteiger partial charge in [0, 0.05) is 51.3 Å². The third-order valence-electron chi connectivity index (χ3n) is 5.00. The van der Waals surface area contributed by atoms with E-state index in [2.05, 4.69) is 4.90 Å².